The molecule has 84 valence electrons. The summed E-state index contributed by atoms with van der Waals surface area (Å²) in [5, 5.41) is 1.38. The monoisotopic (exact) mass is 221 g/mol. The average molecular weight is 221 g/mol. The van der Waals surface area contributed by atoms with E-state index in [4.69, 9.17) is 0 Å². The van der Waals surface area contributed by atoms with Gasteiger partial charge in [0.1, 0.15) is 0 Å². The van der Waals surface area contributed by atoms with Crippen molar-refractivity contribution in [1.82, 2.24) is 4.23 Å². The summed E-state index contributed by atoms with van der Waals surface area (Å²) in [5.74, 6) is 0. The smallest absolute Gasteiger partial charge is 0.192 e. The van der Waals surface area contributed by atoms with Crippen LogP contribution in [0.4, 0.5) is 0 Å². The first-order valence-corrected chi connectivity index (χ1v) is 7.83. The van der Waals surface area contributed by atoms with Crippen LogP contribution in [0.3, 0.4) is 0 Å². The van der Waals surface area contributed by atoms with Gasteiger partial charge in [0, 0.05) is 0 Å². The number of nitrogens with zero attached hydrogens (tertiary/aromatic N) is 1. The maximum Gasteiger partial charge on any atom is 0.192 e. The van der Waals surface area contributed by atoms with Gasteiger partial charge in [0.2, 0.25) is 0 Å². The summed E-state index contributed by atoms with van der Waals surface area (Å²) in [5.41, 5.74) is 1.37. The standard InChI is InChI=1S/C13H23NSi/c1-11(2)15(12(3)4,13(5)6)14-9-7-8-10-14/h7-10,12-13H,1H2,2-6H3. The van der Waals surface area contributed by atoms with E-state index in [1.165, 1.54) is 5.20 Å². The topological polar surface area (TPSA) is 4.93 Å². The van der Waals surface area contributed by atoms with Crippen molar-refractivity contribution < 1.29 is 0 Å². The number of allylic oxidation sites excluding steroid dienone is 1. The van der Waals surface area contributed by atoms with Crippen LogP contribution >= 0.6 is 0 Å². The van der Waals surface area contributed by atoms with Crippen LogP contribution in [0.25, 0.3) is 0 Å². The Labute approximate surface area is 94.9 Å². The van der Waals surface area contributed by atoms with Crippen LogP contribution in [0.1, 0.15) is 34.6 Å². The SMILES string of the molecule is C=C(C)[Si](C(C)C)(C(C)C)n1cccc1. The second kappa shape index (κ2) is 4.39. The van der Waals surface area contributed by atoms with E-state index in [0.29, 0.717) is 11.1 Å². The van der Waals surface area contributed by atoms with Crippen LogP contribution in [0.5, 0.6) is 0 Å². The van der Waals surface area contributed by atoms with Gasteiger partial charge in [-0.25, -0.2) is 0 Å². The van der Waals surface area contributed by atoms with Gasteiger partial charge in [-0.3, -0.25) is 0 Å². The Hall–Kier alpha value is -0.763. The Kier molecular flexibility index (Phi) is 3.61. The fraction of sp³-hybridized carbons (Fsp3) is 0.538. The highest BCUT2D eigenvalue weighted by Gasteiger charge is 2.42. The molecule has 0 radical (unpaired) electrons. The van der Waals surface area contributed by atoms with E-state index in [0.717, 1.165) is 0 Å². The highest BCUT2D eigenvalue weighted by Crippen LogP contribution is 2.38. The van der Waals surface area contributed by atoms with Crippen molar-refractivity contribution in [2.75, 3.05) is 0 Å². The van der Waals surface area contributed by atoms with Crippen molar-refractivity contribution in [3.05, 3.63) is 36.3 Å². The molecule has 0 saturated carbocycles. The van der Waals surface area contributed by atoms with Crippen molar-refractivity contribution in [2.45, 2.75) is 45.7 Å². The van der Waals surface area contributed by atoms with Gasteiger partial charge in [-0.1, -0.05) is 32.9 Å². The molecule has 1 rings (SSSR count). The van der Waals surface area contributed by atoms with Crippen molar-refractivity contribution >= 4 is 8.24 Å². The van der Waals surface area contributed by atoms with E-state index in [2.05, 4.69) is 70.0 Å². The lowest BCUT2D eigenvalue weighted by molar-refractivity contribution is 0.844. The molecule has 0 aliphatic carbocycles. The minimum Gasteiger partial charge on any atom is -0.376 e. The van der Waals surface area contributed by atoms with E-state index in [1.54, 1.807) is 0 Å². The first kappa shape index (κ1) is 12.3. The van der Waals surface area contributed by atoms with Gasteiger partial charge in [-0.05, 0) is 42.5 Å². The van der Waals surface area contributed by atoms with Gasteiger partial charge in [-0.15, -0.1) is 6.58 Å². The van der Waals surface area contributed by atoms with Crippen LogP contribution in [-0.2, 0) is 0 Å². The zero-order valence-electron chi connectivity index (χ0n) is 10.6. The second-order valence-electron chi connectivity index (χ2n) is 5.01. The highest BCUT2D eigenvalue weighted by atomic mass is 28.3. The molecule has 0 saturated heterocycles. The molecule has 1 aromatic rings. The molecule has 1 heterocycles. The van der Waals surface area contributed by atoms with Crippen molar-refractivity contribution in [2.24, 2.45) is 0 Å². The fourth-order valence-electron chi connectivity index (χ4n) is 3.05. The predicted octanol–water partition coefficient (Wildman–Crippen LogP) is 4.22. The Balaban J connectivity index is 3.33. The molecule has 15 heavy (non-hydrogen) atoms. The molecule has 0 spiro atoms. The van der Waals surface area contributed by atoms with E-state index in [9.17, 15) is 0 Å². The molecule has 0 fully saturated rings. The van der Waals surface area contributed by atoms with Gasteiger partial charge in [0.15, 0.2) is 8.24 Å². The van der Waals surface area contributed by atoms with Gasteiger partial charge in [-0.2, -0.15) is 0 Å². The zero-order valence-corrected chi connectivity index (χ0v) is 11.6. The third-order valence-corrected chi connectivity index (χ3v) is 9.52. The summed E-state index contributed by atoms with van der Waals surface area (Å²) >= 11 is 0. The molecular formula is C13H23NSi. The number of hydrogen-bond acceptors (Lipinski definition) is 0. The first-order valence-electron chi connectivity index (χ1n) is 5.73. The largest absolute Gasteiger partial charge is 0.376 e. The summed E-state index contributed by atoms with van der Waals surface area (Å²) in [6.45, 7) is 15.8. The van der Waals surface area contributed by atoms with Crippen molar-refractivity contribution in [3.63, 3.8) is 0 Å². The number of aromatic nitrogens is 1. The van der Waals surface area contributed by atoms with Crippen molar-refractivity contribution in [3.8, 4) is 0 Å². The quantitative estimate of drug-likeness (QED) is 0.671. The summed E-state index contributed by atoms with van der Waals surface area (Å²) in [7, 11) is -1.63. The lowest BCUT2D eigenvalue weighted by atomic mass is 10.5. The molecule has 0 atom stereocenters. The van der Waals surface area contributed by atoms with Gasteiger partial charge in [0.05, 0.1) is 0 Å². The average Bonchev–Trinajstić information content (AvgIpc) is 2.55. The minimum atomic E-state index is -1.63. The van der Waals surface area contributed by atoms with Gasteiger partial charge in [0.25, 0.3) is 0 Å². The van der Waals surface area contributed by atoms with Gasteiger partial charge >= 0.3 is 0 Å². The molecule has 0 amide bonds. The number of rotatable bonds is 4. The van der Waals surface area contributed by atoms with E-state index in [-0.39, 0.29) is 0 Å². The third kappa shape index (κ3) is 1.83. The first-order chi connectivity index (χ1) is 6.94. The van der Waals surface area contributed by atoms with Crippen molar-refractivity contribution in [1.29, 1.82) is 0 Å². The predicted molar refractivity (Wildman–Crippen MR) is 70.6 cm³/mol. The third-order valence-electron chi connectivity index (χ3n) is 3.48. The Morgan fingerprint density at radius 2 is 1.47 bits per heavy atom. The lowest BCUT2D eigenvalue weighted by Gasteiger charge is -2.41. The molecule has 0 aliphatic rings. The Bertz CT molecular complexity index is 314. The molecule has 1 aromatic heterocycles. The Morgan fingerprint density at radius 3 is 1.73 bits per heavy atom. The van der Waals surface area contributed by atoms with E-state index < -0.39 is 8.24 Å². The minimum absolute atomic E-state index is 0.683. The Morgan fingerprint density at radius 1 is 1.07 bits per heavy atom. The normalized spacial score (nSPS) is 12.5. The lowest BCUT2D eigenvalue weighted by Crippen LogP contribution is -2.50. The maximum absolute atomic E-state index is 4.27. The molecule has 0 bridgehead atoms. The maximum atomic E-state index is 4.27. The molecule has 1 nitrogen and oxygen atoms in total. The highest BCUT2D eigenvalue weighted by molar-refractivity contribution is 6.87. The van der Waals surface area contributed by atoms with Crippen LogP contribution < -0.4 is 0 Å². The van der Waals surface area contributed by atoms with E-state index >= 15 is 0 Å². The second-order valence-corrected chi connectivity index (χ2v) is 10.3. The van der Waals surface area contributed by atoms with Crippen LogP contribution in [0.2, 0.25) is 11.1 Å². The summed E-state index contributed by atoms with van der Waals surface area (Å²) < 4.78 is 2.45. The fourth-order valence-corrected chi connectivity index (χ4v) is 8.65. The van der Waals surface area contributed by atoms with Crippen LogP contribution in [0, 0.1) is 0 Å². The molecule has 2 heteroatoms. The number of hydrogen-bond donors (Lipinski definition) is 0. The summed E-state index contributed by atoms with van der Waals surface area (Å²) in [6.07, 6.45) is 4.42. The molecule has 0 N–H and O–H groups in total. The van der Waals surface area contributed by atoms with E-state index in [1.807, 2.05) is 0 Å². The summed E-state index contributed by atoms with van der Waals surface area (Å²) in [4.78, 5) is 0. The molecular weight excluding hydrogens is 198 g/mol. The molecule has 0 unspecified atom stereocenters. The molecule has 0 aromatic carbocycles. The zero-order chi connectivity index (χ0) is 11.6. The van der Waals surface area contributed by atoms with Crippen LogP contribution in [-0.4, -0.2) is 12.5 Å². The van der Waals surface area contributed by atoms with Gasteiger partial charge < -0.3 is 4.23 Å². The summed E-state index contributed by atoms with van der Waals surface area (Å²) in [6, 6.07) is 4.24. The van der Waals surface area contributed by atoms with Crippen LogP contribution in [0.15, 0.2) is 36.3 Å². The molecule has 0 aliphatic heterocycles.